The molecule has 0 spiro atoms. The summed E-state index contributed by atoms with van der Waals surface area (Å²) in [5, 5.41) is 0. The maximum Gasteiger partial charge on any atom is 0.131 e. The quantitative estimate of drug-likeness (QED) is 0.818. The summed E-state index contributed by atoms with van der Waals surface area (Å²) in [6, 6.07) is 3.23. The second-order valence-corrected chi connectivity index (χ2v) is 9.38. The molecule has 0 amide bonds. The zero-order valence-corrected chi connectivity index (χ0v) is 15.9. The normalized spacial score (nSPS) is 31.0. The number of anilines is 1. The Balaban J connectivity index is 1.41. The van der Waals surface area contributed by atoms with Crippen LogP contribution in [0.3, 0.4) is 0 Å². The summed E-state index contributed by atoms with van der Waals surface area (Å²) in [6.45, 7) is 13.7. The third-order valence-electron chi connectivity index (χ3n) is 6.70. The highest BCUT2D eigenvalue weighted by Crippen LogP contribution is 2.46. The first kappa shape index (κ1) is 16.4. The van der Waals surface area contributed by atoms with Crippen LogP contribution >= 0.6 is 0 Å². The monoisotopic (exact) mass is 327 g/mol. The summed E-state index contributed by atoms with van der Waals surface area (Å²) in [6.07, 6.45) is 8.07. The van der Waals surface area contributed by atoms with Gasteiger partial charge in [0.2, 0.25) is 0 Å². The average Bonchev–Trinajstić information content (AvgIpc) is 3.17. The Morgan fingerprint density at radius 3 is 2.33 bits per heavy atom. The molecule has 3 nitrogen and oxygen atoms in total. The summed E-state index contributed by atoms with van der Waals surface area (Å²) in [4.78, 5) is 10.1. The topological polar surface area (TPSA) is 19.4 Å². The molecule has 132 valence electrons. The minimum atomic E-state index is 0.177. The summed E-state index contributed by atoms with van der Waals surface area (Å²) >= 11 is 0. The van der Waals surface area contributed by atoms with Crippen LogP contribution in [0, 0.1) is 18.8 Å². The Kier molecular flexibility index (Phi) is 4.11. The number of aromatic nitrogens is 1. The smallest absolute Gasteiger partial charge is 0.131 e. The zero-order chi connectivity index (χ0) is 16.9. The van der Waals surface area contributed by atoms with Crippen molar-refractivity contribution >= 4 is 5.82 Å². The zero-order valence-electron chi connectivity index (χ0n) is 15.9. The molecule has 3 heteroatoms. The molecule has 1 aliphatic heterocycles. The first-order chi connectivity index (χ1) is 11.4. The Morgan fingerprint density at radius 1 is 1.04 bits per heavy atom. The van der Waals surface area contributed by atoms with Crippen molar-refractivity contribution in [3.8, 4) is 0 Å². The molecule has 2 bridgehead atoms. The molecule has 1 aromatic rings. The van der Waals surface area contributed by atoms with E-state index in [4.69, 9.17) is 4.98 Å². The lowest BCUT2D eigenvalue weighted by atomic mass is 9.87. The van der Waals surface area contributed by atoms with Gasteiger partial charge in [-0.05, 0) is 54.6 Å². The first-order valence-corrected chi connectivity index (χ1v) is 9.88. The number of rotatable bonds is 2. The molecule has 2 heterocycles. The number of aryl methyl sites for hydroxylation is 1. The van der Waals surface area contributed by atoms with Crippen molar-refractivity contribution in [2.45, 2.75) is 64.8 Å². The highest BCUT2D eigenvalue weighted by Gasteiger charge is 2.42. The maximum atomic E-state index is 4.84. The fourth-order valence-corrected chi connectivity index (χ4v) is 5.23. The van der Waals surface area contributed by atoms with Crippen LogP contribution in [0.5, 0.6) is 0 Å². The fourth-order valence-electron chi connectivity index (χ4n) is 5.23. The molecule has 4 rings (SSSR count). The molecule has 1 aromatic heterocycles. The van der Waals surface area contributed by atoms with Crippen molar-refractivity contribution in [3.63, 3.8) is 0 Å². The molecule has 2 saturated carbocycles. The standard InChI is InChI=1S/C21H33N3/c1-15-11-18(21(2,3)4)14-22-20(15)24-9-7-23(8-10-24)19-13-16-5-6-17(19)12-16/h11,14,16-17,19H,5-10,12-13H2,1-4H3/t16?,17?,19-/m0/s1. The van der Waals surface area contributed by atoms with E-state index in [0.29, 0.717) is 0 Å². The minimum absolute atomic E-state index is 0.177. The van der Waals surface area contributed by atoms with E-state index in [1.807, 2.05) is 0 Å². The molecule has 3 fully saturated rings. The van der Waals surface area contributed by atoms with Crippen LogP contribution < -0.4 is 4.90 Å². The van der Waals surface area contributed by atoms with E-state index in [1.54, 1.807) is 0 Å². The van der Waals surface area contributed by atoms with E-state index in [-0.39, 0.29) is 5.41 Å². The van der Waals surface area contributed by atoms with E-state index in [1.165, 1.54) is 55.7 Å². The molecular weight excluding hydrogens is 294 g/mol. The second-order valence-electron chi connectivity index (χ2n) is 9.38. The summed E-state index contributed by atoms with van der Waals surface area (Å²) in [5.74, 6) is 3.26. The molecule has 2 unspecified atom stereocenters. The van der Waals surface area contributed by atoms with E-state index in [2.05, 4.69) is 49.8 Å². The van der Waals surface area contributed by atoms with Gasteiger partial charge in [-0.3, -0.25) is 4.90 Å². The van der Waals surface area contributed by atoms with Crippen molar-refractivity contribution in [2.24, 2.45) is 11.8 Å². The molecule has 0 aromatic carbocycles. The van der Waals surface area contributed by atoms with Crippen molar-refractivity contribution in [3.05, 3.63) is 23.4 Å². The predicted octanol–water partition coefficient (Wildman–Crippen LogP) is 4.00. The van der Waals surface area contributed by atoms with Gasteiger partial charge >= 0.3 is 0 Å². The van der Waals surface area contributed by atoms with E-state index in [9.17, 15) is 0 Å². The number of hydrogen-bond acceptors (Lipinski definition) is 3. The summed E-state index contributed by atoms with van der Waals surface area (Å²) in [7, 11) is 0. The summed E-state index contributed by atoms with van der Waals surface area (Å²) in [5.41, 5.74) is 2.84. The second kappa shape index (κ2) is 6.01. The van der Waals surface area contributed by atoms with E-state index >= 15 is 0 Å². The molecule has 2 aliphatic carbocycles. The molecule has 0 N–H and O–H groups in total. The first-order valence-electron chi connectivity index (χ1n) is 9.88. The SMILES string of the molecule is Cc1cc(C(C)(C)C)cnc1N1CCN([C@H]2CC3CCC2C3)CC1. The third-order valence-corrected chi connectivity index (χ3v) is 6.70. The Labute approximate surface area is 147 Å². The van der Waals surface area contributed by atoms with E-state index < -0.39 is 0 Å². The number of fused-ring (bicyclic) bond motifs is 2. The minimum Gasteiger partial charge on any atom is -0.354 e. The Bertz CT molecular complexity index is 596. The van der Waals surface area contributed by atoms with Crippen molar-refractivity contribution < 1.29 is 0 Å². The van der Waals surface area contributed by atoms with Gasteiger partial charge in [0.05, 0.1) is 0 Å². The van der Waals surface area contributed by atoms with Crippen molar-refractivity contribution in [1.82, 2.24) is 9.88 Å². The van der Waals surface area contributed by atoms with E-state index in [0.717, 1.165) is 31.0 Å². The summed E-state index contributed by atoms with van der Waals surface area (Å²) < 4.78 is 0. The number of nitrogens with zero attached hydrogens (tertiary/aromatic N) is 3. The molecule has 0 radical (unpaired) electrons. The fraction of sp³-hybridized carbons (Fsp3) is 0.762. The van der Waals surface area contributed by atoms with Crippen LogP contribution in [0.25, 0.3) is 0 Å². The highest BCUT2D eigenvalue weighted by molar-refractivity contribution is 5.48. The van der Waals surface area contributed by atoms with Gasteiger partial charge in [-0.15, -0.1) is 0 Å². The van der Waals surface area contributed by atoms with Gasteiger partial charge in [-0.2, -0.15) is 0 Å². The van der Waals surface area contributed by atoms with Crippen LogP contribution in [-0.4, -0.2) is 42.1 Å². The Hall–Kier alpha value is -1.09. The van der Waals surface area contributed by atoms with Gasteiger partial charge in [-0.25, -0.2) is 4.98 Å². The Morgan fingerprint density at radius 2 is 1.79 bits per heavy atom. The van der Waals surface area contributed by atoms with Crippen molar-refractivity contribution in [1.29, 1.82) is 0 Å². The van der Waals surface area contributed by atoms with Gasteiger partial charge in [0, 0.05) is 38.4 Å². The van der Waals surface area contributed by atoms with Crippen LogP contribution in [0.15, 0.2) is 12.3 Å². The lowest BCUT2D eigenvalue weighted by Crippen LogP contribution is -2.52. The lowest BCUT2D eigenvalue weighted by Gasteiger charge is -2.41. The molecule has 1 saturated heterocycles. The van der Waals surface area contributed by atoms with Crippen LogP contribution in [-0.2, 0) is 5.41 Å². The molecule has 24 heavy (non-hydrogen) atoms. The van der Waals surface area contributed by atoms with Gasteiger partial charge < -0.3 is 4.90 Å². The van der Waals surface area contributed by atoms with Crippen LogP contribution in [0.4, 0.5) is 5.82 Å². The van der Waals surface area contributed by atoms with Gasteiger partial charge in [-0.1, -0.05) is 33.3 Å². The third kappa shape index (κ3) is 2.96. The molecule has 3 atom stereocenters. The number of hydrogen-bond donors (Lipinski definition) is 0. The lowest BCUT2D eigenvalue weighted by molar-refractivity contribution is 0.134. The van der Waals surface area contributed by atoms with Gasteiger partial charge in [0.1, 0.15) is 5.82 Å². The van der Waals surface area contributed by atoms with Gasteiger partial charge in [0.15, 0.2) is 0 Å². The molecule has 3 aliphatic rings. The largest absolute Gasteiger partial charge is 0.354 e. The average molecular weight is 328 g/mol. The number of pyridine rings is 1. The van der Waals surface area contributed by atoms with Crippen LogP contribution in [0.2, 0.25) is 0 Å². The predicted molar refractivity (Wildman–Crippen MR) is 101 cm³/mol. The molecular formula is C21H33N3. The highest BCUT2D eigenvalue weighted by atomic mass is 15.3. The number of piperazine rings is 1. The van der Waals surface area contributed by atoms with Crippen molar-refractivity contribution in [2.75, 3.05) is 31.1 Å². The van der Waals surface area contributed by atoms with Gasteiger partial charge in [0.25, 0.3) is 0 Å². The maximum absolute atomic E-state index is 4.84. The van der Waals surface area contributed by atoms with Crippen LogP contribution in [0.1, 0.15) is 57.6 Å².